The molecule has 7 nitrogen and oxygen atoms in total. The molecule has 2 heterocycles. The van der Waals surface area contributed by atoms with E-state index in [1.807, 2.05) is 6.07 Å². The van der Waals surface area contributed by atoms with Crippen LogP contribution in [0.25, 0.3) is 11.3 Å². The van der Waals surface area contributed by atoms with E-state index in [2.05, 4.69) is 15.6 Å². The van der Waals surface area contributed by atoms with Crippen LogP contribution in [0, 0.1) is 12.7 Å². The fourth-order valence-electron chi connectivity index (χ4n) is 3.00. The number of carbonyl (C=O) groups is 2. The van der Waals surface area contributed by atoms with Gasteiger partial charge in [-0.2, -0.15) is 10.1 Å². The number of hydrogen-bond acceptors (Lipinski definition) is 5. The highest BCUT2D eigenvalue weighted by Gasteiger charge is 2.30. The first-order valence-electron chi connectivity index (χ1n) is 8.63. The zero-order valence-corrected chi connectivity index (χ0v) is 15.9. The first-order chi connectivity index (χ1) is 14.0. The Hall–Kier alpha value is -3.52. The summed E-state index contributed by atoms with van der Waals surface area (Å²) in [5.41, 5.74) is 0.548. The highest BCUT2D eigenvalue weighted by atomic mass is 35.5. The standard InChI is InChI=1S/C20H14ClFN4O3/c1-11-17(19(25-29-11)18-13(21)8-5-9-14(18)22)20(28)23-15-10-16(27)26(24-15)12-6-3-2-4-7-12/h2-9H,10H2,1H3,(H,23,24,28). The van der Waals surface area contributed by atoms with Crippen LogP contribution in [0.5, 0.6) is 0 Å². The Bertz CT molecular complexity index is 1120. The molecule has 0 spiro atoms. The second-order valence-corrected chi connectivity index (χ2v) is 6.68. The van der Waals surface area contributed by atoms with Gasteiger partial charge in [0.05, 0.1) is 22.7 Å². The minimum absolute atomic E-state index is 0.0188. The normalized spacial score (nSPS) is 13.6. The monoisotopic (exact) mass is 412 g/mol. The summed E-state index contributed by atoms with van der Waals surface area (Å²) in [4.78, 5) is 25.1. The van der Waals surface area contributed by atoms with Gasteiger partial charge >= 0.3 is 0 Å². The maximum absolute atomic E-state index is 14.3. The van der Waals surface area contributed by atoms with E-state index in [0.29, 0.717) is 5.69 Å². The molecule has 9 heteroatoms. The number of nitrogens with one attached hydrogen (secondary N) is 1. The molecule has 1 aliphatic heterocycles. The van der Waals surface area contributed by atoms with Gasteiger partial charge in [-0.1, -0.05) is 41.0 Å². The molecule has 1 N–H and O–H groups in total. The summed E-state index contributed by atoms with van der Waals surface area (Å²) in [6, 6.07) is 13.0. The van der Waals surface area contributed by atoms with Crippen LogP contribution in [-0.4, -0.2) is 22.8 Å². The van der Waals surface area contributed by atoms with Gasteiger partial charge in [0.2, 0.25) is 0 Å². The third kappa shape index (κ3) is 3.50. The molecule has 0 aliphatic carbocycles. The van der Waals surface area contributed by atoms with E-state index in [4.69, 9.17) is 16.1 Å². The van der Waals surface area contributed by atoms with Crippen molar-refractivity contribution in [3.8, 4) is 11.3 Å². The molecule has 4 rings (SSSR count). The third-order valence-electron chi connectivity index (χ3n) is 4.32. The number of carbonyl (C=O) groups excluding carboxylic acids is 2. The van der Waals surface area contributed by atoms with E-state index in [9.17, 15) is 14.0 Å². The fraction of sp³-hybridized carbons (Fsp3) is 0.100. The highest BCUT2D eigenvalue weighted by Crippen LogP contribution is 2.33. The highest BCUT2D eigenvalue weighted by molar-refractivity contribution is 6.33. The molecule has 0 fully saturated rings. The van der Waals surface area contributed by atoms with Crippen LogP contribution < -0.4 is 10.3 Å². The van der Waals surface area contributed by atoms with Gasteiger partial charge in [0.25, 0.3) is 11.8 Å². The predicted octanol–water partition coefficient (Wildman–Crippen LogP) is 3.92. The van der Waals surface area contributed by atoms with Crippen LogP contribution in [0.15, 0.2) is 58.2 Å². The summed E-state index contributed by atoms with van der Waals surface area (Å²) in [5, 5.41) is 11.9. The minimum atomic E-state index is -0.636. The van der Waals surface area contributed by atoms with Gasteiger partial charge < -0.3 is 9.84 Å². The second kappa shape index (κ2) is 7.48. The summed E-state index contributed by atoms with van der Waals surface area (Å²) < 4.78 is 19.4. The van der Waals surface area contributed by atoms with Gasteiger partial charge in [0.1, 0.15) is 28.7 Å². The van der Waals surface area contributed by atoms with Crippen LogP contribution in [0.2, 0.25) is 5.02 Å². The molecule has 146 valence electrons. The molecule has 0 saturated heterocycles. The zero-order valence-electron chi connectivity index (χ0n) is 15.1. The number of amidine groups is 1. The number of aromatic nitrogens is 1. The lowest BCUT2D eigenvalue weighted by Crippen LogP contribution is -2.30. The van der Waals surface area contributed by atoms with Gasteiger partial charge in [-0.3, -0.25) is 9.59 Å². The van der Waals surface area contributed by atoms with Crippen LogP contribution >= 0.6 is 11.6 Å². The van der Waals surface area contributed by atoms with Gasteiger partial charge in [-0.25, -0.2) is 4.39 Å². The number of benzene rings is 2. The molecule has 0 saturated carbocycles. The average molecular weight is 413 g/mol. The molecular formula is C20H14ClFN4O3. The molecular weight excluding hydrogens is 399 g/mol. The van der Waals surface area contributed by atoms with Gasteiger partial charge in [0, 0.05) is 0 Å². The summed E-state index contributed by atoms with van der Waals surface area (Å²) in [6.45, 7) is 1.53. The average Bonchev–Trinajstić information content (AvgIpc) is 3.25. The van der Waals surface area contributed by atoms with Crippen LogP contribution in [-0.2, 0) is 4.79 Å². The van der Waals surface area contributed by atoms with Crippen molar-refractivity contribution in [2.45, 2.75) is 13.3 Å². The lowest BCUT2D eigenvalue weighted by molar-refractivity contribution is -0.116. The number of hydrogen-bond donors (Lipinski definition) is 1. The number of rotatable bonds is 3. The van der Waals surface area contributed by atoms with Crippen LogP contribution in [0.3, 0.4) is 0 Å². The van der Waals surface area contributed by atoms with E-state index >= 15 is 0 Å². The number of halogens is 2. The maximum Gasteiger partial charge on any atom is 0.262 e. The van der Waals surface area contributed by atoms with Crippen molar-refractivity contribution < 1.29 is 18.5 Å². The number of anilines is 1. The first-order valence-corrected chi connectivity index (χ1v) is 9.01. The number of amides is 2. The van der Waals surface area contributed by atoms with Crippen molar-refractivity contribution in [1.82, 2.24) is 10.5 Å². The minimum Gasteiger partial charge on any atom is -0.360 e. The van der Waals surface area contributed by atoms with Crippen molar-refractivity contribution in [1.29, 1.82) is 0 Å². The molecule has 3 aromatic rings. The van der Waals surface area contributed by atoms with Crippen molar-refractivity contribution in [3.63, 3.8) is 0 Å². The maximum atomic E-state index is 14.3. The smallest absolute Gasteiger partial charge is 0.262 e. The van der Waals surface area contributed by atoms with Crippen LogP contribution in [0.4, 0.5) is 10.1 Å². The molecule has 0 bridgehead atoms. The lowest BCUT2D eigenvalue weighted by atomic mass is 10.0. The molecule has 1 aliphatic rings. The Kier molecular flexibility index (Phi) is 4.85. The van der Waals surface area contributed by atoms with E-state index < -0.39 is 11.7 Å². The van der Waals surface area contributed by atoms with Crippen molar-refractivity contribution in [2.75, 3.05) is 5.01 Å². The predicted molar refractivity (Wildman–Crippen MR) is 105 cm³/mol. The van der Waals surface area contributed by atoms with E-state index in [0.717, 1.165) is 0 Å². The molecule has 1 aromatic heterocycles. The fourth-order valence-corrected chi connectivity index (χ4v) is 3.25. The number of hydrazone groups is 1. The Labute approximate surface area is 169 Å². The van der Waals surface area contributed by atoms with Crippen molar-refractivity contribution in [2.24, 2.45) is 5.10 Å². The molecule has 0 radical (unpaired) electrons. The second-order valence-electron chi connectivity index (χ2n) is 6.28. The van der Waals surface area contributed by atoms with Gasteiger partial charge in [-0.15, -0.1) is 0 Å². The molecule has 2 aromatic carbocycles. The van der Waals surface area contributed by atoms with Crippen molar-refractivity contribution in [3.05, 3.63) is 70.7 Å². The zero-order chi connectivity index (χ0) is 20.5. The largest absolute Gasteiger partial charge is 0.360 e. The molecule has 2 amide bonds. The van der Waals surface area contributed by atoms with Crippen LogP contribution in [0.1, 0.15) is 22.5 Å². The van der Waals surface area contributed by atoms with Gasteiger partial charge in [0.15, 0.2) is 0 Å². The number of aryl methyl sites for hydroxylation is 1. The topological polar surface area (TPSA) is 87.8 Å². The number of para-hydroxylation sites is 1. The van der Waals surface area contributed by atoms with E-state index in [1.54, 1.807) is 24.3 Å². The van der Waals surface area contributed by atoms with Crippen molar-refractivity contribution >= 4 is 34.9 Å². The number of nitrogens with zero attached hydrogens (tertiary/aromatic N) is 3. The Morgan fingerprint density at radius 2 is 1.97 bits per heavy atom. The summed E-state index contributed by atoms with van der Waals surface area (Å²) in [6.07, 6.45) is -0.0826. The Morgan fingerprint density at radius 3 is 2.69 bits per heavy atom. The quantitative estimate of drug-likeness (QED) is 0.706. The third-order valence-corrected chi connectivity index (χ3v) is 4.64. The summed E-state index contributed by atoms with van der Waals surface area (Å²) >= 11 is 6.10. The molecule has 0 atom stereocenters. The first kappa shape index (κ1) is 18.8. The summed E-state index contributed by atoms with van der Waals surface area (Å²) in [5.74, 6) is -1.20. The molecule has 29 heavy (non-hydrogen) atoms. The Morgan fingerprint density at radius 1 is 1.21 bits per heavy atom. The SMILES string of the molecule is Cc1onc(-c2c(F)cccc2Cl)c1C(=O)NC1=NN(c2ccccc2)C(=O)C1. The summed E-state index contributed by atoms with van der Waals surface area (Å²) in [7, 11) is 0. The molecule has 0 unspecified atom stereocenters. The Balaban J connectivity index is 1.64. The van der Waals surface area contributed by atoms with Gasteiger partial charge in [-0.05, 0) is 31.2 Å². The van der Waals surface area contributed by atoms with E-state index in [-0.39, 0.29) is 45.8 Å². The van der Waals surface area contributed by atoms with E-state index in [1.165, 1.54) is 30.1 Å². The lowest BCUT2D eigenvalue weighted by Gasteiger charge is -2.10.